The highest BCUT2D eigenvalue weighted by Crippen LogP contribution is 2.19. The van der Waals surface area contributed by atoms with Crippen molar-refractivity contribution in [2.75, 3.05) is 0 Å². The Labute approximate surface area is 109 Å². The maximum atomic E-state index is 5.80. The molecule has 0 amide bonds. The normalized spacial score (nSPS) is 10.8. The molecule has 0 fully saturated rings. The standard InChI is InChI=1S/C15H21N3/c1-3-4-8-15-13(10-16)11-17-18(15)14-9-6-5-7-12(14)2/h5-7,9,11H,3-4,8,10,16H2,1-2H3. The second kappa shape index (κ2) is 5.83. The van der Waals surface area contributed by atoms with Gasteiger partial charge in [0.2, 0.25) is 0 Å². The molecule has 96 valence electrons. The average Bonchev–Trinajstić information content (AvgIpc) is 2.79. The van der Waals surface area contributed by atoms with Crippen molar-refractivity contribution in [2.45, 2.75) is 39.7 Å². The van der Waals surface area contributed by atoms with Gasteiger partial charge in [0.1, 0.15) is 0 Å². The predicted molar refractivity (Wildman–Crippen MR) is 74.8 cm³/mol. The summed E-state index contributed by atoms with van der Waals surface area (Å²) in [5.74, 6) is 0. The second-order valence-electron chi connectivity index (χ2n) is 4.62. The maximum absolute atomic E-state index is 5.80. The van der Waals surface area contributed by atoms with Crippen molar-refractivity contribution in [1.29, 1.82) is 0 Å². The van der Waals surface area contributed by atoms with Crippen molar-refractivity contribution in [3.05, 3.63) is 47.3 Å². The van der Waals surface area contributed by atoms with Gasteiger partial charge in [0, 0.05) is 17.8 Å². The lowest BCUT2D eigenvalue weighted by Crippen LogP contribution is -2.07. The molecule has 0 atom stereocenters. The van der Waals surface area contributed by atoms with E-state index in [1.54, 1.807) is 0 Å². The average molecular weight is 243 g/mol. The summed E-state index contributed by atoms with van der Waals surface area (Å²) in [5.41, 5.74) is 10.6. The molecule has 0 aliphatic rings. The molecule has 2 aromatic rings. The zero-order valence-corrected chi connectivity index (χ0v) is 11.2. The molecule has 2 rings (SSSR count). The van der Waals surface area contributed by atoms with Crippen molar-refractivity contribution in [2.24, 2.45) is 5.73 Å². The van der Waals surface area contributed by atoms with E-state index in [9.17, 15) is 0 Å². The minimum Gasteiger partial charge on any atom is -0.326 e. The number of nitrogens with two attached hydrogens (primary N) is 1. The lowest BCUT2D eigenvalue weighted by Gasteiger charge is -2.11. The highest BCUT2D eigenvalue weighted by atomic mass is 15.3. The Morgan fingerprint density at radius 2 is 2.06 bits per heavy atom. The van der Waals surface area contributed by atoms with Gasteiger partial charge in [-0.15, -0.1) is 0 Å². The molecule has 2 N–H and O–H groups in total. The lowest BCUT2D eigenvalue weighted by molar-refractivity contribution is 0.720. The van der Waals surface area contributed by atoms with E-state index >= 15 is 0 Å². The fourth-order valence-corrected chi connectivity index (χ4v) is 2.20. The zero-order chi connectivity index (χ0) is 13.0. The van der Waals surface area contributed by atoms with Crippen LogP contribution in [0.4, 0.5) is 0 Å². The largest absolute Gasteiger partial charge is 0.326 e. The molecule has 0 spiro atoms. The number of rotatable bonds is 5. The van der Waals surface area contributed by atoms with Crippen LogP contribution in [0.5, 0.6) is 0 Å². The molecular formula is C15H21N3. The molecule has 18 heavy (non-hydrogen) atoms. The van der Waals surface area contributed by atoms with Crippen LogP contribution in [-0.2, 0) is 13.0 Å². The van der Waals surface area contributed by atoms with Crippen LogP contribution in [-0.4, -0.2) is 9.78 Å². The van der Waals surface area contributed by atoms with Gasteiger partial charge in [-0.1, -0.05) is 31.5 Å². The van der Waals surface area contributed by atoms with Crippen LogP contribution in [0.15, 0.2) is 30.5 Å². The smallest absolute Gasteiger partial charge is 0.0678 e. The van der Waals surface area contributed by atoms with E-state index in [1.807, 2.05) is 10.9 Å². The number of para-hydroxylation sites is 1. The number of nitrogens with zero attached hydrogens (tertiary/aromatic N) is 2. The van der Waals surface area contributed by atoms with Gasteiger partial charge in [0.15, 0.2) is 0 Å². The third-order valence-electron chi connectivity index (χ3n) is 3.29. The van der Waals surface area contributed by atoms with Crippen LogP contribution in [0, 0.1) is 6.92 Å². The summed E-state index contributed by atoms with van der Waals surface area (Å²) >= 11 is 0. The molecule has 1 aromatic heterocycles. The third-order valence-corrected chi connectivity index (χ3v) is 3.29. The van der Waals surface area contributed by atoms with Crippen LogP contribution in [0.1, 0.15) is 36.6 Å². The van der Waals surface area contributed by atoms with Crippen LogP contribution >= 0.6 is 0 Å². The van der Waals surface area contributed by atoms with E-state index in [0.717, 1.165) is 17.7 Å². The molecule has 1 heterocycles. The van der Waals surface area contributed by atoms with E-state index in [-0.39, 0.29) is 0 Å². The molecule has 0 saturated heterocycles. The molecule has 0 aliphatic carbocycles. The number of aromatic nitrogens is 2. The third kappa shape index (κ3) is 2.46. The minimum atomic E-state index is 0.560. The minimum absolute atomic E-state index is 0.560. The van der Waals surface area contributed by atoms with Gasteiger partial charge in [0.05, 0.1) is 11.9 Å². The molecule has 3 nitrogen and oxygen atoms in total. The molecule has 1 aromatic carbocycles. The SMILES string of the molecule is CCCCc1c(CN)cnn1-c1ccccc1C. The van der Waals surface area contributed by atoms with Crippen LogP contribution in [0.25, 0.3) is 5.69 Å². The fourth-order valence-electron chi connectivity index (χ4n) is 2.20. The molecule has 0 radical (unpaired) electrons. The van der Waals surface area contributed by atoms with Crippen molar-refractivity contribution in [3.63, 3.8) is 0 Å². The summed E-state index contributed by atoms with van der Waals surface area (Å²) in [6, 6.07) is 8.33. The van der Waals surface area contributed by atoms with Gasteiger partial charge in [-0.3, -0.25) is 0 Å². The highest BCUT2D eigenvalue weighted by molar-refractivity contribution is 5.41. The number of hydrogen-bond donors (Lipinski definition) is 1. The Morgan fingerprint density at radius 1 is 1.28 bits per heavy atom. The maximum Gasteiger partial charge on any atom is 0.0678 e. The van der Waals surface area contributed by atoms with Crippen molar-refractivity contribution < 1.29 is 0 Å². The van der Waals surface area contributed by atoms with Crippen molar-refractivity contribution in [3.8, 4) is 5.69 Å². The first-order chi connectivity index (χ1) is 8.77. The Bertz CT molecular complexity index is 514. The summed E-state index contributed by atoms with van der Waals surface area (Å²) in [7, 11) is 0. The van der Waals surface area contributed by atoms with Crippen LogP contribution < -0.4 is 5.73 Å². The first-order valence-corrected chi connectivity index (χ1v) is 6.59. The number of unbranched alkanes of at least 4 members (excludes halogenated alkanes) is 1. The van der Waals surface area contributed by atoms with E-state index in [4.69, 9.17) is 5.73 Å². The van der Waals surface area contributed by atoms with Gasteiger partial charge >= 0.3 is 0 Å². The summed E-state index contributed by atoms with van der Waals surface area (Å²) < 4.78 is 2.05. The summed E-state index contributed by atoms with van der Waals surface area (Å²) in [6.07, 6.45) is 5.29. The second-order valence-corrected chi connectivity index (χ2v) is 4.62. The first-order valence-electron chi connectivity index (χ1n) is 6.59. The van der Waals surface area contributed by atoms with Crippen LogP contribution in [0.2, 0.25) is 0 Å². The Morgan fingerprint density at radius 3 is 2.72 bits per heavy atom. The summed E-state index contributed by atoms with van der Waals surface area (Å²) in [5, 5.41) is 4.51. The van der Waals surface area contributed by atoms with Gasteiger partial charge < -0.3 is 5.73 Å². The number of aryl methyl sites for hydroxylation is 1. The summed E-state index contributed by atoms with van der Waals surface area (Å²) in [6.45, 7) is 4.88. The van der Waals surface area contributed by atoms with E-state index in [1.165, 1.54) is 24.1 Å². The Kier molecular flexibility index (Phi) is 4.15. The van der Waals surface area contributed by atoms with E-state index in [0.29, 0.717) is 6.54 Å². The highest BCUT2D eigenvalue weighted by Gasteiger charge is 2.11. The topological polar surface area (TPSA) is 43.8 Å². The molecule has 0 unspecified atom stereocenters. The number of benzene rings is 1. The molecule has 0 bridgehead atoms. The van der Waals surface area contributed by atoms with Crippen LogP contribution in [0.3, 0.4) is 0 Å². The van der Waals surface area contributed by atoms with Crippen molar-refractivity contribution in [1.82, 2.24) is 9.78 Å². The predicted octanol–water partition coefficient (Wildman–Crippen LogP) is 2.98. The molecule has 3 heteroatoms. The van der Waals surface area contributed by atoms with E-state index in [2.05, 4.69) is 43.2 Å². The van der Waals surface area contributed by atoms with Gasteiger partial charge in [-0.05, 0) is 31.4 Å². The van der Waals surface area contributed by atoms with Gasteiger partial charge in [0.25, 0.3) is 0 Å². The van der Waals surface area contributed by atoms with Crippen molar-refractivity contribution >= 4 is 0 Å². The first kappa shape index (κ1) is 12.8. The molecular weight excluding hydrogens is 222 g/mol. The van der Waals surface area contributed by atoms with E-state index < -0.39 is 0 Å². The fraction of sp³-hybridized carbons (Fsp3) is 0.400. The van der Waals surface area contributed by atoms with Gasteiger partial charge in [-0.2, -0.15) is 5.10 Å². The van der Waals surface area contributed by atoms with Gasteiger partial charge in [-0.25, -0.2) is 4.68 Å². The quantitative estimate of drug-likeness (QED) is 0.877. The zero-order valence-electron chi connectivity index (χ0n) is 11.2. The Balaban J connectivity index is 2.44. The molecule has 0 saturated carbocycles. The molecule has 0 aliphatic heterocycles. The number of hydrogen-bond acceptors (Lipinski definition) is 2. The monoisotopic (exact) mass is 243 g/mol. The summed E-state index contributed by atoms with van der Waals surface area (Å²) in [4.78, 5) is 0. The Hall–Kier alpha value is -1.61. The lowest BCUT2D eigenvalue weighted by atomic mass is 10.1.